The van der Waals surface area contributed by atoms with Gasteiger partial charge in [0.25, 0.3) is 5.91 Å². The van der Waals surface area contributed by atoms with E-state index in [1.165, 1.54) is 0 Å². The van der Waals surface area contributed by atoms with E-state index in [1.54, 1.807) is 29.0 Å². The maximum absolute atomic E-state index is 12.9. The van der Waals surface area contributed by atoms with Gasteiger partial charge in [-0.2, -0.15) is 0 Å². The Kier molecular flexibility index (Phi) is 6.43. The zero-order valence-corrected chi connectivity index (χ0v) is 18.8. The van der Waals surface area contributed by atoms with Gasteiger partial charge in [-0.25, -0.2) is 10.5 Å². The lowest BCUT2D eigenvalue weighted by Gasteiger charge is -2.38. The number of para-hydroxylation sites is 1. The number of carbonyl (C=O) groups excluding carboxylic acids is 1. The zero-order valence-electron chi connectivity index (χ0n) is 18.0. The lowest BCUT2D eigenvalue weighted by Crippen LogP contribution is -2.46. The van der Waals surface area contributed by atoms with E-state index in [-0.39, 0.29) is 5.91 Å². The number of aliphatic hydroxyl groups is 1. The van der Waals surface area contributed by atoms with E-state index in [9.17, 15) is 9.90 Å². The summed E-state index contributed by atoms with van der Waals surface area (Å²) in [5.74, 6) is 1.25. The molecule has 0 atom stereocenters. The standard InChI is InChI=1S/C24H29N3O3S/c1-17(2)10-11-24(29)12-14-27(15-13-24)23(28)18-6-8-19(9-7-18)26-30-20-4-3-5-21-22(20)25-16-31-21/h3-9,16-17,26,29H,10-15H2,1-2H3. The number of nitrogens with zero attached hydrogens (tertiary/aromatic N) is 2. The smallest absolute Gasteiger partial charge is 0.253 e. The highest BCUT2D eigenvalue weighted by atomic mass is 32.1. The molecule has 164 valence electrons. The number of thiazole rings is 1. The van der Waals surface area contributed by atoms with Crippen LogP contribution >= 0.6 is 11.3 Å². The second-order valence-corrected chi connectivity index (χ2v) is 9.57. The van der Waals surface area contributed by atoms with Crippen LogP contribution in [0.1, 0.15) is 49.9 Å². The van der Waals surface area contributed by atoms with Gasteiger partial charge in [0, 0.05) is 18.7 Å². The predicted octanol–water partition coefficient (Wildman–Crippen LogP) is 5.11. The first kappa shape index (κ1) is 21.6. The minimum Gasteiger partial charge on any atom is -0.390 e. The Balaban J connectivity index is 1.32. The van der Waals surface area contributed by atoms with Crippen LogP contribution in [0.5, 0.6) is 5.75 Å². The van der Waals surface area contributed by atoms with Crippen molar-refractivity contribution in [3.63, 3.8) is 0 Å². The lowest BCUT2D eigenvalue weighted by molar-refractivity contribution is -0.0262. The first-order chi connectivity index (χ1) is 14.9. The quantitative estimate of drug-likeness (QED) is 0.501. The van der Waals surface area contributed by atoms with Crippen LogP contribution in [0.3, 0.4) is 0 Å². The molecule has 1 aromatic heterocycles. The largest absolute Gasteiger partial charge is 0.390 e. The summed E-state index contributed by atoms with van der Waals surface area (Å²) in [7, 11) is 0. The molecule has 2 aromatic carbocycles. The number of benzene rings is 2. The number of rotatable bonds is 7. The highest BCUT2D eigenvalue weighted by Crippen LogP contribution is 2.30. The monoisotopic (exact) mass is 439 g/mol. The fraction of sp³-hybridized carbons (Fsp3) is 0.417. The Labute approximate surface area is 186 Å². The predicted molar refractivity (Wildman–Crippen MR) is 124 cm³/mol. The maximum Gasteiger partial charge on any atom is 0.253 e. The van der Waals surface area contributed by atoms with Gasteiger partial charge in [0.1, 0.15) is 5.52 Å². The van der Waals surface area contributed by atoms with E-state index in [0.29, 0.717) is 43.2 Å². The molecule has 0 unspecified atom stereocenters. The molecule has 1 aliphatic rings. The Morgan fingerprint density at radius 3 is 2.68 bits per heavy atom. The molecular formula is C24H29N3O3S. The van der Waals surface area contributed by atoms with Gasteiger partial charge >= 0.3 is 0 Å². The molecule has 0 radical (unpaired) electrons. The number of aromatic nitrogens is 1. The Hall–Kier alpha value is -2.64. The van der Waals surface area contributed by atoms with Crippen molar-refractivity contribution in [2.24, 2.45) is 5.92 Å². The Morgan fingerprint density at radius 2 is 1.97 bits per heavy atom. The van der Waals surface area contributed by atoms with Crippen LogP contribution in [0, 0.1) is 5.92 Å². The van der Waals surface area contributed by atoms with Crippen molar-refractivity contribution in [3.8, 4) is 5.75 Å². The maximum atomic E-state index is 12.9. The van der Waals surface area contributed by atoms with E-state index < -0.39 is 5.60 Å². The molecule has 0 aliphatic carbocycles. The third-order valence-electron chi connectivity index (χ3n) is 5.90. The molecular weight excluding hydrogens is 410 g/mol. The van der Waals surface area contributed by atoms with Crippen LogP contribution in [0.4, 0.5) is 5.69 Å². The third-order valence-corrected chi connectivity index (χ3v) is 6.70. The molecule has 2 heterocycles. The number of nitrogens with one attached hydrogen (secondary N) is 1. The molecule has 1 amide bonds. The summed E-state index contributed by atoms with van der Waals surface area (Å²) in [6.07, 6.45) is 3.10. The summed E-state index contributed by atoms with van der Waals surface area (Å²) in [5.41, 5.74) is 6.31. The number of anilines is 1. The summed E-state index contributed by atoms with van der Waals surface area (Å²) in [6.45, 7) is 5.53. The first-order valence-corrected chi connectivity index (χ1v) is 11.7. The van der Waals surface area contributed by atoms with Crippen LogP contribution < -0.4 is 10.3 Å². The average Bonchev–Trinajstić information content (AvgIpc) is 3.26. The lowest BCUT2D eigenvalue weighted by atomic mass is 9.85. The fourth-order valence-electron chi connectivity index (χ4n) is 3.85. The number of hydrogen-bond donors (Lipinski definition) is 2. The molecule has 0 saturated carbocycles. The van der Waals surface area contributed by atoms with Gasteiger partial charge in [-0.15, -0.1) is 11.3 Å². The number of fused-ring (bicyclic) bond motifs is 1. The van der Waals surface area contributed by atoms with Crippen molar-refractivity contribution in [3.05, 3.63) is 53.5 Å². The summed E-state index contributed by atoms with van der Waals surface area (Å²) >= 11 is 1.57. The molecule has 31 heavy (non-hydrogen) atoms. The Morgan fingerprint density at radius 1 is 1.23 bits per heavy atom. The van der Waals surface area contributed by atoms with Crippen LogP contribution in [-0.4, -0.2) is 39.6 Å². The van der Waals surface area contributed by atoms with Gasteiger partial charge in [0.05, 0.1) is 21.5 Å². The van der Waals surface area contributed by atoms with Crippen molar-refractivity contribution in [1.82, 2.24) is 9.88 Å². The molecule has 2 N–H and O–H groups in total. The highest BCUT2D eigenvalue weighted by Gasteiger charge is 2.33. The van der Waals surface area contributed by atoms with Crippen LogP contribution in [0.15, 0.2) is 48.0 Å². The zero-order chi connectivity index (χ0) is 21.8. The molecule has 6 nitrogen and oxygen atoms in total. The van der Waals surface area contributed by atoms with Crippen molar-refractivity contribution >= 4 is 33.1 Å². The molecule has 0 bridgehead atoms. The second kappa shape index (κ2) is 9.24. The number of hydrogen-bond acceptors (Lipinski definition) is 6. The molecule has 0 spiro atoms. The number of likely N-dealkylation sites (tertiary alicyclic amines) is 1. The topological polar surface area (TPSA) is 74.7 Å². The SMILES string of the molecule is CC(C)CCC1(O)CCN(C(=O)c2ccc(NOc3cccc4scnc34)cc2)CC1. The second-order valence-electron chi connectivity index (χ2n) is 8.69. The first-order valence-electron chi connectivity index (χ1n) is 10.8. The summed E-state index contributed by atoms with van der Waals surface area (Å²) in [4.78, 5) is 24.8. The van der Waals surface area contributed by atoms with Gasteiger partial charge < -0.3 is 14.8 Å². The molecule has 1 saturated heterocycles. The van der Waals surface area contributed by atoms with Crippen molar-refractivity contribution in [2.45, 2.75) is 45.1 Å². The summed E-state index contributed by atoms with van der Waals surface area (Å²) in [5, 5.41) is 10.8. The van der Waals surface area contributed by atoms with E-state index in [4.69, 9.17) is 4.84 Å². The van der Waals surface area contributed by atoms with Gasteiger partial charge in [-0.05, 0) is 68.0 Å². The molecule has 1 fully saturated rings. The van der Waals surface area contributed by atoms with Crippen LogP contribution in [0.2, 0.25) is 0 Å². The van der Waals surface area contributed by atoms with Crippen LogP contribution in [0.25, 0.3) is 10.2 Å². The third kappa shape index (κ3) is 5.17. The van der Waals surface area contributed by atoms with E-state index in [2.05, 4.69) is 24.3 Å². The van der Waals surface area contributed by atoms with Gasteiger partial charge in [-0.3, -0.25) is 4.79 Å². The molecule has 1 aliphatic heterocycles. The number of carbonyl (C=O) groups is 1. The van der Waals surface area contributed by atoms with E-state index in [1.807, 2.05) is 35.2 Å². The normalized spacial score (nSPS) is 15.9. The molecule has 4 rings (SSSR count). The van der Waals surface area contributed by atoms with Crippen LogP contribution in [-0.2, 0) is 0 Å². The van der Waals surface area contributed by atoms with Crippen molar-refractivity contribution in [1.29, 1.82) is 0 Å². The van der Waals surface area contributed by atoms with Gasteiger partial charge in [0.15, 0.2) is 5.75 Å². The molecule has 7 heteroatoms. The number of amides is 1. The summed E-state index contributed by atoms with van der Waals surface area (Å²) in [6, 6.07) is 13.1. The average molecular weight is 440 g/mol. The highest BCUT2D eigenvalue weighted by molar-refractivity contribution is 7.16. The molecule has 3 aromatic rings. The number of piperidine rings is 1. The fourth-order valence-corrected chi connectivity index (χ4v) is 4.55. The van der Waals surface area contributed by atoms with Gasteiger partial charge in [-0.1, -0.05) is 19.9 Å². The summed E-state index contributed by atoms with van der Waals surface area (Å²) < 4.78 is 1.07. The van der Waals surface area contributed by atoms with Crippen molar-refractivity contribution in [2.75, 3.05) is 18.6 Å². The minimum absolute atomic E-state index is 0.00520. The Bertz CT molecular complexity index is 1020. The van der Waals surface area contributed by atoms with E-state index in [0.717, 1.165) is 28.7 Å². The van der Waals surface area contributed by atoms with Gasteiger partial charge in [0.2, 0.25) is 0 Å². The van der Waals surface area contributed by atoms with E-state index >= 15 is 0 Å². The van der Waals surface area contributed by atoms with Crippen molar-refractivity contribution < 1.29 is 14.7 Å². The minimum atomic E-state index is -0.633.